The average molecular weight is 393 g/mol. The molecule has 3 atom stereocenters. The van der Waals surface area contributed by atoms with Crippen LogP contribution in [0.1, 0.15) is 17.3 Å². The minimum absolute atomic E-state index is 0.000284. The van der Waals surface area contributed by atoms with Gasteiger partial charge in [-0.15, -0.1) is 0 Å². The first-order valence-corrected chi connectivity index (χ1v) is 9.50. The van der Waals surface area contributed by atoms with Crippen molar-refractivity contribution in [2.75, 3.05) is 12.4 Å². The molecule has 2 aromatic rings. The molecule has 0 saturated carbocycles. The SMILES string of the molecule is COc1ccc(N[C@@H]2c3c(n(C)c(=O)n(C)c3=O)C[C@@H]3C(=O)C=CC=C[C@@H]32)cc1. The van der Waals surface area contributed by atoms with Crippen molar-refractivity contribution in [1.29, 1.82) is 0 Å². The number of ketones is 1. The number of carbonyl (C=O) groups is 1. The van der Waals surface area contributed by atoms with Gasteiger partial charge in [0.1, 0.15) is 5.75 Å². The van der Waals surface area contributed by atoms with Gasteiger partial charge in [-0.2, -0.15) is 0 Å². The maximum atomic E-state index is 13.1. The van der Waals surface area contributed by atoms with E-state index in [0.29, 0.717) is 17.7 Å². The minimum atomic E-state index is -0.442. The molecule has 0 amide bonds. The molecule has 1 heterocycles. The summed E-state index contributed by atoms with van der Waals surface area (Å²) in [5, 5.41) is 3.44. The van der Waals surface area contributed by atoms with Gasteiger partial charge in [-0.25, -0.2) is 4.79 Å². The first-order valence-electron chi connectivity index (χ1n) is 9.50. The summed E-state index contributed by atoms with van der Waals surface area (Å²) in [6.07, 6.45) is 7.47. The van der Waals surface area contributed by atoms with Crippen molar-refractivity contribution >= 4 is 11.5 Å². The zero-order valence-corrected chi connectivity index (χ0v) is 16.6. The van der Waals surface area contributed by atoms with E-state index in [1.807, 2.05) is 36.4 Å². The number of nitrogens with zero attached hydrogens (tertiary/aromatic N) is 2. The van der Waals surface area contributed by atoms with Crippen molar-refractivity contribution in [3.63, 3.8) is 0 Å². The van der Waals surface area contributed by atoms with Crippen LogP contribution >= 0.6 is 0 Å². The van der Waals surface area contributed by atoms with E-state index in [-0.39, 0.29) is 28.9 Å². The molecule has 0 radical (unpaired) electrons. The van der Waals surface area contributed by atoms with Gasteiger partial charge >= 0.3 is 5.69 Å². The Kier molecular flexibility index (Phi) is 4.74. The number of benzene rings is 1. The molecule has 0 saturated heterocycles. The predicted octanol–water partition coefficient (Wildman–Crippen LogP) is 1.73. The number of aromatic nitrogens is 2. The molecule has 7 heteroatoms. The van der Waals surface area contributed by atoms with Crippen molar-refractivity contribution in [3.05, 3.63) is 80.7 Å². The Balaban J connectivity index is 1.89. The molecular weight excluding hydrogens is 370 g/mol. The summed E-state index contributed by atoms with van der Waals surface area (Å²) in [6, 6.07) is 6.96. The molecule has 0 bridgehead atoms. The van der Waals surface area contributed by atoms with Crippen molar-refractivity contribution in [1.82, 2.24) is 9.13 Å². The Hall–Kier alpha value is -3.35. The first kappa shape index (κ1) is 19.0. The van der Waals surface area contributed by atoms with Gasteiger partial charge in [-0.1, -0.05) is 18.2 Å². The fourth-order valence-corrected chi connectivity index (χ4v) is 4.28. The summed E-state index contributed by atoms with van der Waals surface area (Å²) < 4.78 is 7.83. The Morgan fingerprint density at radius 3 is 2.45 bits per heavy atom. The van der Waals surface area contributed by atoms with Gasteiger partial charge in [0.05, 0.1) is 18.7 Å². The van der Waals surface area contributed by atoms with E-state index in [4.69, 9.17) is 4.74 Å². The van der Waals surface area contributed by atoms with Gasteiger partial charge in [-0.05, 0) is 36.8 Å². The van der Waals surface area contributed by atoms with Crippen molar-refractivity contribution in [2.45, 2.75) is 12.5 Å². The van der Waals surface area contributed by atoms with Crippen LogP contribution in [0.25, 0.3) is 0 Å². The summed E-state index contributed by atoms with van der Waals surface area (Å²) in [5.41, 5.74) is 1.23. The Morgan fingerprint density at radius 1 is 1.03 bits per heavy atom. The number of methoxy groups -OCH3 is 1. The van der Waals surface area contributed by atoms with Gasteiger partial charge in [0, 0.05) is 37.3 Å². The minimum Gasteiger partial charge on any atom is -0.497 e. The molecule has 150 valence electrons. The fourth-order valence-electron chi connectivity index (χ4n) is 4.28. The van der Waals surface area contributed by atoms with E-state index in [0.717, 1.165) is 16.0 Å². The van der Waals surface area contributed by atoms with Crippen LogP contribution in [0.2, 0.25) is 0 Å². The highest BCUT2D eigenvalue weighted by atomic mass is 16.5. The topological polar surface area (TPSA) is 82.3 Å². The lowest BCUT2D eigenvalue weighted by Crippen LogP contribution is -2.48. The zero-order valence-electron chi connectivity index (χ0n) is 16.6. The Morgan fingerprint density at radius 2 is 1.76 bits per heavy atom. The fraction of sp³-hybridized carbons (Fsp3) is 0.318. The third-order valence-electron chi connectivity index (χ3n) is 5.88. The average Bonchev–Trinajstić information content (AvgIpc) is 2.92. The molecule has 29 heavy (non-hydrogen) atoms. The summed E-state index contributed by atoms with van der Waals surface area (Å²) in [4.78, 5) is 38.3. The second-order valence-corrected chi connectivity index (χ2v) is 7.45. The van der Waals surface area contributed by atoms with Crippen LogP contribution in [0.4, 0.5) is 5.69 Å². The number of rotatable bonds is 3. The van der Waals surface area contributed by atoms with E-state index in [9.17, 15) is 14.4 Å². The number of anilines is 1. The van der Waals surface area contributed by atoms with E-state index < -0.39 is 6.04 Å². The van der Waals surface area contributed by atoms with Crippen molar-refractivity contribution in [3.8, 4) is 5.75 Å². The smallest absolute Gasteiger partial charge is 0.330 e. The molecule has 2 aliphatic carbocycles. The Bertz CT molecular complexity index is 1140. The number of ether oxygens (including phenoxy) is 1. The molecule has 0 aliphatic heterocycles. The van der Waals surface area contributed by atoms with Crippen LogP contribution in [-0.4, -0.2) is 22.0 Å². The molecule has 4 rings (SSSR count). The molecule has 0 unspecified atom stereocenters. The van der Waals surface area contributed by atoms with Crippen molar-refractivity contribution < 1.29 is 9.53 Å². The molecule has 0 spiro atoms. The van der Waals surface area contributed by atoms with Gasteiger partial charge in [-0.3, -0.25) is 14.2 Å². The Labute approximate surface area is 167 Å². The van der Waals surface area contributed by atoms with E-state index in [2.05, 4.69) is 5.32 Å². The van der Waals surface area contributed by atoms with E-state index in [1.165, 1.54) is 11.6 Å². The molecule has 1 aromatic heterocycles. The lowest BCUT2D eigenvalue weighted by atomic mass is 9.72. The number of fused-ring (bicyclic) bond motifs is 2. The molecule has 1 aromatic carbocycles. The van der Waals surface area contributed by atoms with Crippen LogP contribution in [0.5, 0.6) is 5.75 Å². The largest absolute Gasteiger partial charge is 0.497 e. The van der Waals surface area contributed by atoms with Crippen LogP contribution in [0.15, 0.2) is 58.2 Å². The highest BCUT2D eigenvalue weighted by Crippen LogP contribution is 2.40. The van der Waals surface area contributed by atoms with Gasteiger partial charge < -0.3 is 14.6 Å². The first-order chi connectivity index (χ1) is 13.9. The summed E-state index contributed by atoms with van der Waals surface area (Å²) >= 11 is 0. The third-order valence-corrected chi connectivity index (χ3v) is 5.88. The highest BCUT2D eigenvalue weighted by Gasteiger charge is 2.42. The standard InChI is InChI=1S/C22H23N3O4/c1-24-17-12-16-15(6-4-5-7-18(16)26)20(19(17)21(27)25(2)22(24)28)23-13-8-10-14(29-3)11-9-13/h4-11,15-16,20,23H,12H2,1-3H3/t15-,16-,20-/m0/s1. The number of hydrogen-bond donors (Lipinski definition) is 1. The zero-order chi connectivity index (χ0) is 20.7. The highest BCUT2D eigenvalue weighted by molar-refractivity contribution is 5.93. The predicted molar refractivity (Wildman–Crippen MR) is 110 cm³/mol. The summed E-state index contributed by atoms with van der Waals surface area (Å²) in [7, 11) is 4.74. The molecule has 0 fully saturated rings. The molecule has 1 N–H and O–H groups in total. The van der Waals surface area contributed by atoms with Gasteiger partial charge in [0.15, 0.2) is 5.78 Å². The quantitative estimate of drug-likeness (QED) is 0.859. The lowest BCUT2D eigenvalue weighted by molar-refractivity contribution is -0.119. The summed E-state index contributed by atoms with van der Waals surface area (Å²) in [6.45, 7) is 0. The van der Waals surface area contributed by atoms with Gasteiger partial charge in [0.2, 0.25) is 0 Å². The second kappa shape index (κ2) is 7.24. The number of allylic oxidation sites excluding steroid dienone is 3. The van der Waals surface area contributed by atoms with Crippen LogP contribution < -0.4 is 21.3 Å². The summed E-state index contributed by atoms with van der Waals surface area (Å²) in [5.74, 6) is 0.174. The third kappa shape index (κ3) is 3.12. The van der Waals surface area contributed by atoms with Crippen LogP contribution in [-0.2, 0) is 25.3 Å². The maximum Gasteiger partial charge on any atom is 0.330 e. The van der Waals surface area contributed by atoms with E-state index >= 15 is 0 Å². The second-order valence-electron chi connectivity index (χ2n) is 7.45. The van der Waals surface area contributed by atoms with Crippen molar-refractivity contribution in [2.24, 2.45) is 25.9 Å². The molecular formula is C22H23N3O4. The van der Waals surface area contributed by atoms with Gasteiger partial charge in [0.25, 0.3) is 5.56 Å². The van der Waals surface area contributed by atoms with Crippen LogP contribution in [0, 0.1) is 11.8 Å². The molecule has 2 aliphatic rings. The number of hydrogen-bond acceptors (Lipinski definition) is 5. The maximum absolute atomic E-state index is 13.1. The molecule has 7 nitrogen and oxygen atoms in total. The van der Waals surface area contributed by atoms with Crippen LogP contribution in [0.3, 0.4) is 0 Å². The number of carbonyl (C=O) groups excluding carboxylic acids is 1. The monoisotopic (exact) mass is 393 g/mol. The number of nitrogens with one attached hydrogen (secondary N) is 1. The lowest BCUT2D eigenvalue weighted by Gasteiger charge is -2.38. The normalized spacial score (nSPS) is 22.6. The van der Waals surface area contributed by atoms with E-state index in [1.54, 1.807) is 26.3 Å².